The number of aryl methyl sites for hydroxylation is 1. The standard InChI is InChI=1S/C21H22ClN5OS/c1-14-4-2-3-5-18(14)25-21(28)27(29)16-8-10-26(11-9-16)20-17-7-6-15(22)12-19(17)23-13-24-20/h2-7,12-13,16,29H,8-11H2,1H3,(H,25,28). The van der Waals surface area contributed by atoms with E-state index in [0.717, 1.165) is 53.9 Å². The summed E-state index contributed by atoms with van der Waals surface area (Å²) in [7, 11) is 0. The Morgan fingerprint density at radius 3 is 2.72 bits per heavy atom. The predicted octanol–water partition coefficient (Wildman–Crippen LogP) is 4.94. The van der Waals surface area contributed by atoms with Crippen molar-refractivity contribution in [1.82, 2.24) is 14.3 Å². The van der Waals surface area contributed by atoms with Crippen molar-refractivity contribution in [2.24, 2.45) is 0 Å². The average molecular weight is 428 g/mol. The number of anilines is 2. The van der Waals surface area contributed by atoms with Crippen molar-refractivity contribution < 1.29 is 4.79 Å². The Hall–Kier alpha value is -2.51. The van der Waals surface area contributed by atoms with Crippen molar-refractivity contribution in [3.8, 4) is 0 Å². The minimum Gasteiger partial charge on any atom is -0.356 e. The zero-order valence-electron chi connectivity index (χ0n) is 16.0. The number of hydrogen-bond donors (Lipinski definition) is 2. The Morgan fingerprint density at radius 1 is 1.21 bits per heavy atom. The molecule has 1 aliphatic heterocycles. The zero-order valence-corrected chi connectivity index (χ0v) is 17.7. The van der Waals surface area contributed by atoms with E-state index in [1.165, 1.54) is 4.31 Å². The van der Waals surface area contributed by atoms with Crippen LogP contribution in [-0.4, -0.2) is 39.4 Å². The number of amides is 2. The van der Waals surface area contributed by atoms with Crippen molar-refractivity contribution in [3.63, 3.8) is 0 Å². The number of piperidine rings is 1. The Kier molecular flexibility index (Phi) is 5.78. The molecule has 1 fully saturated rings. The minimum absolute atomic E-state index is 0.0566. The highest BCUT2D eigenvalue weighted by molar-refractivity contribution is 7.78. The van der Waals surface area contributed by atoms with Gasteiger partial charge in [-0.15, -0.1) is 0 Å². The minimum atomic E-state index is -0.205. The maximum atomic E-state index is 12.6. The molecule has 2 aromatic carbocycles. The van der Waals surface area contributed by atoms with Crippen LogP contribution >= 0.6 is 24.4 Å². The fourth-order valence-electron chi connectivity index (χ4n) is 3.64. The molecular formula is C21H22ClN5OS. The van der Waals surface area contributed by atoms with Crippen molar-refractivity contribution in [3.05, 3.63) is 59.4 Å². The molecule has 1 aromatic heterocycles. The largest absolute Gasteiger partial charge is 0.356 e. The number of halogens is 1. The Labute approximate surface area is 180 Å². The molecule has 0 aliphatic carbocycles. The lowest BCUT2D eigenvalue weighted by atomic mass is 10.0. The Morgan fingerprint density at radius 2 is 1.97 bits per heavy atom. The van der Waals surface area contributed by atoms with Crippen molar-refractivity contribution in [1.29, 1.82) is 0 Å². The summed E-state index contributed by atoms with van der Waals surface area (Å²) >= 11 is 10.6. The summed E-state index contributed by atoms with van der Waals surface area (Å²) in [6.07, 6.45) is 3.19. The van der Waals surface area contributed by atoms with Crippen LogP contribution in [0.15, 0.2) is 48.8 Å². The second-order valence-electron chi connectivity index (χ2n) is 7.17. The van der Waals surface area contributed by atoms with Crippen LogP contribution in [0.5, 0.6) is 0 Å². The maximum Gasteiger partial charge on any atom is 0.331 e. The zero-order chi connectivity index (χ0) is 20.4. The number of carbonyl (C=O) groups excluding carboxylic acids is 1. The molecule has 8 heteroatoms. The van der Waals surface area contributed by atoms with Crippen LogP contribution in [0.4, 0.5) is 16.3 Å². The first-order valence-corrected chi connectivity index (χ1v) is 10.3. The van der Waals surface area contributed by atoms with Gasteiger partial charge >= 0.3 is 6.03 Å². The average Bonchev–Trinajstić information content (AvgIpc) is 2.74. The van der Waals surface area contributed by atoms with Crippen LogP contribution < -0.4 is 10.2 Å². The summed E-state index contributed by atoms with van der Waals surface area (Å²) in [5.41, 5.74) is 2.66. The molecule has 0 unspecified atom stereocenters. The predicted molar refractivity (Wildman–Crippen MR) is 121 cm³/mol. The van der Waals surface area contributed by atoms with Gasteiger partial charge in [-0.2, -0.15) is 0 Å². The van der Waals surface area contributed by atoms with Crippen molar-refractivity contribution in [2.45, 2.75) is 25.8 Å². The number of carbonyl (C=O) groups is 1. The fourth-order valence-corrected chi connectivity index (χ4v) is 4.09. The molecular weight excluding hydrogens is 406 g/mol. The smallest absolute Gasteiger partial charge is 0.331 e. The summed E-state index contributed by atoms with van der Waals surface area (Å²) in [4.78, 5) is 23.7. The normalized spacial score (nSPS) is 14.8. The lowest BCUT2D eigenvalue weighted by molar-refractivity contribution is 0.223. The molecule has 1 saturated heterocycles. The number of hydrogen-bond acceptors (Lipinski definition) is 5. The fraction of sp³-hybridized carbons (Fsp3) is 0.286. The van der Waals surface area contributed by atoms with E-state index < -0.39 is 0 Å². The van der Waals surface area contributed by atoms with Gasteiger partial charge in [0, 0.05) is 35.2 Å². The molecule has 1 aliphatic rings. The highest BCUT2D eigenvalue weighted by Gasteiger charge is 2.27. The van der Waals surface area contributed by atoms with Crippen LogP contribution in [0.2, 0.25) is 5.02 Å². The van der Waals surface area contributed by atoms with Crippen molar-refractivity contribution >= 4 is 52.9 Å². The molecule has 4 rings (SSSR count). The van der Waals surface area contributed by atoms with Crippen LogP contribution in [0, 0.1) is 6.92 Å². The van der Waals surface area contributed by atoms with Gasteiger partial charge < -0.3 is 10.2 Å². The van der Waals surface area contributed by atoms with Gasteiger partial charge in [-0.25, -0.2) is 14.8 Å². The third-order valence-corrected chi connectivity index (χ3v) is 6.03. The number of thiol groups is 1. The van der Waals surface area contributed by atoms with Gasteiger partial charge in [0.15, 0.2) is 0 Å². The summed E-state index contributed by atoms with van der Waals surface area (Å²) < 4.78 is 1.52. The number of nitrogens with zero attached hydrogens (tertiary/aromatic N) is 4. The monoisotopic (exact) mass is 427 g/mol. The molecule has 0 spiro atoms. The maximum absolute atomic E-state index is 12.6. The molecule has 1 N–H and O–H groups in total. The van der Waals surface area contributed by atoms with Gasteiger partial charge in [-0.1, -0.05) is 42.6 Å². The van der Waals surface area contributed by atoms with Crippen LogP contribution in [0.1, 0.15) is 18.4 Å². The number of urea groups is 1. The van der Waals surface area contributed by atoms with Gasteiger partial charge in [0.1, 0.15) is 12.1 Å². The summed E-state index contributed by atoms with van der Waals surface area (Å²) in [6.45, 7) is 3.54. The number of nitrogens with one attached hydrogen (secondary N) is 1. The van der Waals surface area contributed by atoms with Crippen LogP contribution in [0.3, 0.4) is 0 Å². The van der Waals surface area contributed by atoms with Gasteiger partial charge in [-0.05, 0) is 49.6 Å². The first-order chi connectivity index (χ1) is 14.0. The topological polar surface area (TPSA) is 61.4 Å². The molecule has 6 nitrogen and oxygen atoms in total. The summed E-state index contributed by atoms with van der Waals surface area (Å²) in [6, 6.07) is 13.2. The summed E-state index contributed by atoms with van der Waals surface area (Å²) in [5.74, 6) is 0.903. The quantitative estimate of drug-likeness (QED) is 0.581. The summed E-state index contributed by atoms with van der Waals surface area (Å²) in [5, 5.41) is 4.58. The van der Waals surface area contributed by atoms with Crippen molar-refractivity contribution in [2.75, 3.05) is 23.3 Å². The van der Waals surface area contributed by atoms with Crippen LogP contribution in [-0.2, 0) is 0 Å². The number of fused-ring (bicyclic) bond motifs is 1. The van der Waals surface area contributed by atoms with E-state index in [4.69, 9.17) is 11.6 Å². The Bertz CT molecular complexity index is 1040. The van der Waals surface area contributed by atoms with Gasteiger partial charge in [0.2, 0.25) is 0 Å². The number of rotatable bonds is 3. The van der Waals surface area contributed by atoms with E-state index in [1.807, 2.05) is 49.4 Å². The molecule has 29 heavy (non-hydrogen) atoms. The van der Waals surface area contributed by atoms with Gasteiger partial charge in [0.05, 0.1) is 5.52 Å². The molecule has 150 valence electrons. The SMILES string of the molecule is Cc1ccccc1NC(=O)N(S)C1CCN(c2ncnc3cc(Cl)ccc23)CC1. The number of benzene rings is 2. The van der Waals surface area contributed by atoms with E-state index >= 15 is 0 Å². The molecule has 0 saturated carbocycles. The molecule has 0 radical (unpaired) electrons. The van der Waals surface area contributed by atoms with Crippen LogP contribution in [0.25, 0.3) is 10.9 Å². The lowest BCUT2D eigenvalue weighted by Gasteiger charge is -2.36. The van der Waals surface area contributed by atoms with E-state index in [-0.39, 0.29) is 12.1 Å². The highest BCUT2D eigenvalue weighted by Crippen LogP contribution is 2.29. The molecule has 0 atom stereocenters. The van der Waals surface area contributed by atoms with Gasteiger partial charge in [-0.3, -0.25) is 4.31 Å². The second-order valence-corrected chi connectivity index (χ2v) is 8.03. The highest BCUT2D eigenvalue weighted by atomic mass is 35.5. The second kappa shape index (κ2) is 8.47. The lowest BCUT2D eigenvalue weighted by Crippen LogP contribution is -2.45. The molecule has 2 amide bonds. The third kappa shape index (κ3) is 4.26. The number of aromatic nitrogens is 2. The Balaban J connectivity index is 1.42. The van der Waals surface area contributed by atoms with Gasteiger partial charge in [0.25, 0.3) is 0 Å². The molecule has 0 bridgehead atoms. The third-order valence-electron chi connectivity index (χ3n) is 5.28. The first kappa shape index (κ1) is 19.8. The van der Waals surface area contributed by atoms with E-state index in [0.29, 0.717) is 5.02 Å². The molecule has 3 aromatic rings. The van der Waals surface area contributed by atoms with E-state index in [9.17, 15) is 4.79 Å². The molecule has 2 heterocycles. The van der Waals surface area contributed by atoms with E-state index in [2.05, 4.69) is 33.0 Å². The van der Waals surface area contributed by atoms with E-state index in [1.54, 1.807) is 6.33 Å². The number of para-hydroxylation sites is 1. The first-order valence-electron chi connectivity index (χ1n) is 9.53.